The van der Waals surface area contributed by atoms with Gasteiger partial charge in [-0.15, -0.1) is 0 Å². The number of benzene rings is 1. The Hall–Kier alpha value is -3.34. The quantitative estimate of drug-likeness (QED) is 0.108. The fraction of sp³-hybridized carbons (Fsp3) is 0.526. The minimum atomic E-state index is -0.491. The van der Waals surface area contributed by atoms with Gasteiger partial charge in [-0.3, -0.25) is 9.59 Å². The minimum absolute atomic E-state index is 0.0125. The Kier molecular flexibility index (Phi) is 20.3. The lowest BCUT2D eigenvalue weighted by Gasteiger charge is -2.25. The van der Waals surface area contributed by atoms with Gasteiger partial charge in [0.15, 0.2) is 0 Å². The van der Waals surface area contributed by atoms with Crippen molar-refractivity contribution in [2.45, 2.75) is 98.8 Å². The number of hydrogen-bond acceptors (Lipinski definition) is 3. The third-order valence-electron chi connectivity index (χ3n) is 7.24. The molecule has 0 radical (unpaired) electrons. The first-order chi connectivity index (χ1) is 20.7. The normalized spacial score (nSPS) is 12.4. The first-order valence-electron chi connectivity index (χ1n) is 16.1. The van der Waals surface area contributed by atoms with Gasteiger partial charge in [0.05, 0.1) is 6.61 Å². The van der Waals surface area contributed by atoms with E-state index < -0.39 is 5.41 Å². The molecule has 0 spiro atoms. The standard InChI is InChI=1S/C38H58N2O3/c1-7-8-9-10-11-12-13-14-15-16-17-18-19-20-21-22-23-25-36(41)40(6)30-29-39-37(42)38(4,5)28-24-31-43-35-32-33(2)26-27-34(35)3/h8-9,11-12,14-15,17-18,20-21,26-27,32H,7,10,13,16,19,22-25,28-31H2,1-6H3,(H,39,42). The van der Waals surface area contributed by atoms with Crippen molar-refractivity contribution in [1.82, 2.24) is 10.2 Å². The van der Waals surface area contributed by atoms with Crippen LogP contribution in [0.2, 0.25) is 0 Å². The molecule has 0 heterocycles. The summed E-state index contributed by atoms with van der Waals surface area (Å²) in [5.74, 6) is 1.04. The molecule has 0 saturated carbocycles. The van der Waals surface area contributed by atoms with Crippen molar-refractivity contribution in [3.8, 4) is 5.75 Å². The average molecular weight is 591 g/mol. The molecule has 5 nitrogen and oxygen atoms in total. The van der Waals surface area contributed by atoms with E-state index in [1.54, 1.807) is 11.9 Å². The van der Waals surface area contributed by atoms with Crippen LogP contribution >= 0.6 is 0 Å². The van der Waals surface area contributed by atoms with Crippen molar-refractivity contribution in [2.75, 3.05) is 26.7 Å². The van der Waals surface area contributed by atoms with E-state index in [2.05, 4.69) is 98.1 Å². The fourth-order valence-corrected chi connectivity index (χ4v) is 4.30. The van der Waals surface area contributed by atoms with Crippen LogP contribution in [0.25, 0.3) is 0 Å². The Labute approximate surface area is 262 Å². The van der Waals surface area contributed by atoms with E-state index in [1.807, 2.05) is 20.8 Å². The maximum absolute atomic E-state index is 12.7. The number of amides is 2. The van der Waals surface area contributed by atoms with E-state index in [9.17, 15) is 9.59 Å². The summed E-state index contributed by atoms with van der Waals surface area (Å²) < 4.78 is 5.94. The highest BCUT2D eigenvalue weighted by Crippen LogP contribution is 2.24. The second-order valence-electron chi connectivity index (χ2n) is 11.8. The Balaban J connectivity index is 2.12. The number of carbonyl (C=O) groups is 2. The van der Waals surface area contributed by atoms with Gasteiger partial charge in [-0.1, -0.05) is 93.7 Å². The number of unbranched alkanes of at least 4 members (excludes halogenated alkanes) is 1. The third kappa shape index (κ3) is 18.7. The third-order valence-corrected chi connectivity index (χ3v) is 7.24. The first kappa shape index (κ1) is 37.7. The van der Waals surface area contributed by atoms with Crippen LogP contribution < -0.4 is 10.1 Å². The van der Waals surface area contributed by atoms with Gasteiger partial charge >= 0.3 is 0 Å². The van der Waals surface area contributed by atoms with Gasteiger partial charge in [-0.25, -0.2) is 0 Å². The lowest BCUT2D eigenvalue weighted by molar-refractivity contribution is -0.132. The van der Waals surface area contributed by atoms with Gasteiger partial charge in [-0.2, -0.15) is 0 Å². The van der Waals surface area contributed by atoms with Crippen LogP contribution in [0.15, 0.2) is 79.0 Å². The number of rotatable bonds is 22. The van der Waals surface area contributed by atoms with Gasteiger partial charge in [0.2, 0.25) is 11.8 Å². The number of nitrogens with zero attached hydrogens (tertiary/aromatic N) is 1. The highest BCUT2D eigenvalue weighted by Gasteiger charge is 2.27. The van der Waals surface area contributed by atoms with Crippen molar-refractivity contribution in [3.05, 3.63) is 90.1 Å². The zero-order chi connectivity index (χ0) is 31.8. The summed E-state index contributed by atoms with van der Waals surface area (Å²) in [5, 5.41) is 3.01. The molecule has 0 aliphatic rings. The summed E-state index contributed by atoms with van der Waals surface area (Å²) in [4.78, 5) is 26.9. The predicted molar refractivity (Wildman–Crippen MR) is 183 cm³/mol. The number of carbonyl (C=O) groups excluding carboxylic acids is 2. The molecule has 0 bridgehead atoms. The van der Waals surface area contributed by atoms with E-state index in [1.165, 1.54) is 5.56 Å². The van der Waals surface area contributed by atoms with Gasteiger partial charge in [0.25, 0.3) is 0 Å². The van der Waals surface area contributed by atoms with Crippen LogP contribution in [0.5, 0.6) is 5.75 Å². The topological polar surface area (TPSA) is 58.6 Å². The van der Waals surface area contributed by atoms with E-state index >= 15 is 0 Å². The van der Waals surface area contributed by atoms with Crippen molar-refractivity contribution in [3.63, 3.8) is 0 Å². The zero-order valence-corrected chi connectivity index (χ0v) is 27.9. The molecule has 0 unspecified atom stereocenters. The molecule has 238 valence electrons. The maximum Gasteiger partial charge on any atom is 0.225 e. The number of likely N-dealkylation sites (N-methyl/N-ethyl adjacent to an activating group) is 1. The molecule has 1 N–H and O–H groups in total. The van der Waals surface area contributed by atoms with Crippen molar-refractivity contribution < 1.29 is 14.3 Å². The smallest absolute Gasteiger partial charge is 0.225 e. The SMILES string of the molecule is CCC=CCC=CCC=CCC=CCC=CCCCC(=O)N(C)CCNC(=O)C(C)(C)CCCOc1cc(C)ccc1C. The van der Waals surface area contributed by atoms with E-state index in [4.69, 9.17) is 4.74 Å². The summed E-state index contributed by atoms with van der Waals surface area (Å²) in [6.07, 6.45) is 30.6. The number of allylic oxidation sites excluding steroid dienone is 10. The van der Waals surface area contributed by atoms with Crippen LogP contribution in [-0.2, 0) is 9.59 Å². The van der Waals surface area contributed by atoms with Gasteiger partial charge < -0.3 is 15.0 Å². The molecule has 0 aliphatic carbocycles. The summed E-state index contributed by atoms with van der Waals surface area (Å²) in [5.41, 5.74) is 1.80. The van der Waals surface area contributed by atoms with Crippen LogP contribution in [0.1, 0.15) is 96.1 Å². The van der Waals surface area contributed by atoms with Crippen LogP contribution in [0, 0.1) is 19.3 Å². The molecule has 1 rings (SSSR count). The van der Waals surface area contributed by atoms with Crippen molar-refractivity contribution in [2.24, 2.45) is 5.41 Å². The predicted octanol–water partition coefficient (Wildman–Crippen LogP) is 8.98. The molecule has 0 saturated heterocycles. The molecule has 5 heteroatoms. The van der Waals surface area contributed by atoms with Crippen LogP contribution in [0.4, 0.5) is 0 Å². The molecule has 1 aromatic carbocycles. The van der Waals surface area contributed by atoms with Crippen molar-refractivity contribution in [1.29, 1.82) is 0 Å². The molecule has 0 aromatic heterocycles. The minimum Gasteiger partial charge on any atom is -0.493 e. The second kappa shape index (κ2) is 23.2. The Morgan fingerprint density at radius 3 is 2.05 bits per heavy atom. The molecule has 2 amide bonds. The van der Waals surface area contributed by atoms with E-state index in [0.29, 0.717) is 26.1 Å². The molecule has 43 heavy (non-hydrogen) atoms. The summed E-state index contributed by atoms with van der Waals surface area (Å²) in [7, 11) is 1.81. The molecule has 1 aromatic rings. The first-order valence-corrected chi connectivity index (χ1v) is 16.1. The highest BCUT2D eigenvalue weighted by molar-refractivity contribution is 5.81. The lowest BCUT2D eigenvalue weighted by atomic mass is 9.87. The zero-order valence-electron chi connectivity index (χ0n) is 27.9. The van der Waals surface area contributed by atoms with Crippen molar-refractivity contribution >= 4 is 11.8 Å². The van der Waals surface area contributed by atoms with Gasteiger partial charge in [-0.05, 0) is 88.8 Å². The van der Waals surface area contributed by atoms with Gasteiger partial charge in [0, 0.05) is 32.0 Å². The Morgan fingerprint density at radius 2 is 1.44 bits per heavy atom. The molecular weight excluding hydrogens is 532 g/mol. The summed E-state index contributed by atoms with van der Waals surface area (Å²) in [6, 6.07) is 6.19. The van der Waals surface area contributed by atoms with Crippen LogP contribution in [0.3, 0.4) is 0 Å². The fourth-order valence-electron chi connectivity index (χ4n) is 4.30. The largest absolute Gasteiger partial charge is 0.493 e. The highest BCUT2D eigenvalue weighted by atomic mass is 16.5. The average Bonchev–Trinajstić information content (AvgIpc) is 2.98. The maximum atomic E-state index is 12.7. The Morgan fingerprint density at radius 1 is 0.860 bits per heavy atom. The molecule has 0 aliphatic heterocycles. The number of nitrogens with one attached hydrogen (secondary N) is 1. The van der Waals surface area contributed by atoms with E-state index in [0.717, 1.165) is 69.1 Å². The molecular formula is C38H58N2O3. The lowest BCUT2D eigenvalue weighted by Crippen LogP contribution is -2.41. The van der Waals surface area contributed by atoms with Crippen LogP contribution in [-0.4, -0.2) is 43.5 Å². The van der Waals surface area contributed by atoms with Gasteiger partial charge in [0.1, 0.15) is 5.75 Å². The summed E-state index contributed by atoms with van der Waals surface area (Å²) >= 11 is 0. The number of hydrogen-bond donors (Lipinski definition) is 1. The second-order valence-corrected chi connectivity index (χ2v) is 11.8. The summed E-state index contributed by atoms with van der Waals surface area (Å²) in [6.45, 7) is 11.7. The Bertz CT molecular complexity index is 1080. The van der Waals surface area contributed by atoms with E-state index in [-0.39, 0.29) is 11.8 Å². The molecule has 0 fully saturated rings. The monoisotopic (exact) mass is 590 g/mol. The number of ether oxygens (including phenoxy) is 1. The number of aryl methyl sites for hydroxylation is 2. The molecule has 0 atom stereocenters.